The highest BCUT2D eigenvalue weighted by Crippen LogP contribution is 2.38. The molecule has 8 heteroatoms. The summed E-state index contributed by atoms with van der Waals surface area (Å²) in [5.74, 6) is 0.425. The summed E-state index contributed by atoms with van der Waals surface area (Å²) in [5, 5.41) is 5.81. The Labute approximate surface area is 181 Å². The average molecular weight is 473 g/mol. The van der Waals surface area contributed by atoms with E-state index in [0.29, 0.717) is 39.4 Å². The van der Waals surface area contributed by atoms with Gasteiger partial charge >= 0.3 is 5.91 Å². The Hall–Kier alpha value is -3.13. The molecule has 1 aliphatic rings. The van der Waals surface area contributed by atoms with Crippen molar-refractivity contribution < 1.29 is 23.1 Å². The van der Waals surface area contributed by atoms with Crippen LogP contribution in [0, 0.1) is 5.82 Å². The standard InChI is InChI=1S/C22H18BrFN2O4/c1-28-13-7-8-15(20(11-13)29-2)17-12-18(14-5-3-4-6-16(14)24)26(25-17)22(27)19-9-10-21(23)30-19/h3-11,18H,12H2,1-2H3. The van der Waals surface area contributed by atoms with Crippen LogP contribution in [0.2, 0.25) is 0 Å². The second-order valence-corrected chi connectivity index (χ2v) is 7.39. The number of carbonyl (C=O) groups excluding carboxylic acids is 1. The molecule has 0 saturated heterocycles. The first-order chi connectivity index (χ1) is 14.5. The molecule has 0 radical (unpaired) electrons. The number of furan rings is 1. The summed E-state index contributed by atoms with van der Waals surface area (Å²) >= 11 is 3.20. The molecule has 1 unspecified atom stereocenters. The van der Waals surface area contributed by atoms with E-state index in [4.69, 9.17) is 13.9 Å². The van der Waals surface area contributed by atoms with Crippen molar-refractivity contribution in [2.24, 2.45) is 5.10 Å². The lowest BCUT2D eigenvalue weighted by Crippen LogP contribution is -2.27. The number of hydrogen-bond acceptors (Lipinski definition) is 5. The monoisotopic (exact) mass is 472 g/mol. The van der Waals surface area contributed by atoms with Crippen LogP contribution in [0.15, 0.2) is 68.8 Å². The second kappa shape index (κ2) is 8.31. The largest absolute Gasteiger partial charge is 0.497 e. The van der Waals surface area contributed by atoms with Gasteiger partial charge in [-0.2, -0.15) is 5.10 Å². The molecule has 1 aromatic heterocycles. The van der Waals surface area contributed by atoms with E-state index in [0.717, 1.165) is 0 Å². The lowest BCUT2D eigenvalue weighted by molar-refractivity contribution is 0.0674. The quantitative estimate of drug-likeness (QED) is 0.512. The summed E-state index contributed by atoms with van der Waals surface area (Å²) in [6, 6.07) is 14.3. The number of methoxy groups -OCH3 is 2. The number of hydrogen-bond donors (Lipinski definition) is 0. The summed E-state index contributed by atoms with van der Waals surface area (Å²) in [5.41, 5.74) is 1.68. The van der Waals surface area contributed by atoms with Gasteiger partial charge in [0.2, 0.25) is 0 Å². The van der Waals surface area contributed by atoms with Crippen molar-refractivity contribution in [3.8, 4) is 11.5 Å². The van der Waals surface area contributed by atoms with Crippen molar-refractivity contribution in [3.05, 3.63) is 82.0 Å². The van der Waals surface area contributed by atoms with Gasteiger partial charge in [0.15, 0.2) is 10.4 Å². The zero-order chi connectivity index (χ0) is 21.3. The highest BCUT2D eigenvalue weighted by molar-refractivity contribution is 9.10. The molecule has 0 spiro atoms. The van der Waals surface area contributed by atoms with Crippen LogP contribution in [-0.4, -0.2) is 30.8 Å². The van der Waals surface area contributed by atoms with E-state index in [-0.39, 0.29) is 5.76 Å². The van der Waals surface area contributed by atoms with Gasteiger partial charge in [0.25, 0.3) is 0 Å². The maximum atomic E-state index is 14.6. The first-order valence-corrected chi connectivity index (χ1v) is 9.94. The first-order valence-electron chi connectivity index (χ1n) is 9.15. The molecule has 0 fully saturated rings. The van der Waals surface area contributed by atoms with Crippen molar-refractivity contribution in [2.45, 2.75) is 12.5 Å². The fraction of sp³-hybridized carbons (Fsp3) is 0.182. The molecule has 0 aliphatic carbocycles. The molecule has 1 atom stereocenters. The molecule has 0 N–H and O–H groups in total. The third-order valence-electron chi connectivity index (χ3n) is 4.89. The Kier molecular flexibility index (Phi) is 5.59. The first kappa shape index (κ1) is 20.2. The summed E-state index contributed by atoms with van der Waals surface area (Å²) in [6.45, 7) is 0. The maximum Gasteiger partial charge on any atom is 0.310 e. The second-order valence-electron chi connectivity index (χ2n) is 6.61. The highest BCUT2D eigenvalue weighted by atomic mass is 79.9. The molecule has 6 nitrogen and oxygen atoms in total. The minimum atomic E-state index is -0.621. The van der Waals surface area contributed by atoms with Gasteiger partial charge in [0, 0.05) is 23.6 Å². The Morgan fingerprint density at radius 2 is 1.97 bits per heavy atom. The van der Waals surface area contributed by atoms with Crippen LogP contribution in [0.1, 0.15) is 34.1 Å². The lowest BCUT2D eigenvalue weighted by Gasteiger charge is -2.21. The molecule has 4 rings (SSSR count). The number of hydrazone groups is 1. The summed E-state index contributed by atoms with van der Waals surface area (Å²) < 4.78 is 31.2. The van der Waals surface area contributed by atoms with Gasteiger partial charge in [0.1, 0.15) is 17.3 Å². The predicted molar refractivity (Wildman–Crippen MR) is 112 cm³/mol. The number of benzene rings is 2. The fourth-order valence-corrected chi connectivity index (χ4v) is 3.73. The zero-order valence-electron chi connectivity index (χ0n) is 16.3. The number of halogens is 2. The number of ether oxygens (including phenoxy) is 2. The van der Waals surface area contributed by atoms with Gasteiger partial charge in [-0.1, -0.05) is 18.2 Å². The molecule has 0 bridgehead atoms. The molecule has 1 amide bonds. The van der Waals surface area contributed by atoms with Crippen molar-refractivity contribution in [1.82, 2.24) is 5.01 Å². The van der Waals surface area contributed by atoms with E-state index in [2.05, 4.69) is 21.0 Å². The van der Waals surface area contributed by atoms with Crippen LogP contribution in [0.5, 0.6) is 11.5 Å². The molecule has 2 aromatic carbocycles. The fourth-order valence-electron chi connectivity index (χ4n) is 3.43. The van der Waals surface area contributed by atoms with Crippen molar-refractivity contribution >= 4 is 27.5 Å². The van der Waals surface area contributed by atoms with Crippen LogP contribution < -0.4 is 9.47 Å². The number of rotatable bonds is 5. The summed E-state index contributed by atoms with van der Waals surface area (Å²) in [6.07, 6.45) is 0.317. The Morgan fingerprint density at radius 3 is 2.63 bits per heavy atom. The van der Waals surface area contributed by atoms with Crippen LogP contribution in [-0.2, 0) is 0 Å². The number of carbonyl (C=O) groups is 1. The molecule has 3 aromatic rings. The Bertz CT molecular complexity index is 1130. The van der Waals surface area contributed by atoms with E-state index < -0.39 is 17.8 Å². The van der Waals surface area contributed by atoms with Crippen molar-refractivity contribution in [1.29, 1.82) is 0 Å². The average Bonchev–Trinajstić information content (AvgIpc) is 3.40. The zero-order valence-corrected chi connectivity index (χ0v) is 17.8. The Morgan fingerprint density at radius 1 is 1.17 bits per heavy atom. The van der Waals surface area contributed by atoms with Gasteiger partial charge in [-0.15, -0.1) is 0 Å². The Balaban J connectivity index is 1.78. The van der Waals surface area contributed by atoms with Gasteiger partial charge < -0.3 is 13.9 Å². The third-order valence-corrected chi connectivity index (χ3v) is 5.31. The van der Waals surface area contributed by atoms with Crippen LogP contribution >= 0.6 is 15.9 Å². The van der Waals surface area contributed by atoms with E-state index in [1.165, 1.54) is 11.1 Å². The van der Waals surface area contributed by atoms with E-state index in [1.54, 1.807) is 56.7 Å². The SMILES string of the molecule is COc1ccc(C2=NN(C(=O)c3ccc(Br)o3)C(c3ccccc3F)C2)c(OC)c1. The molecular formula is C22H18BrFN2O4. The van der Waals surface area contributed by atoms with E-state index >= 15 is 0 Å². The van der Waals surface area contributed by atoms with Gasteiger partial charge in [-0.05, 0) is 46.3 Å². The molecule has 30 heavy (non-hydrogen) atoms. The van der Waals surface area contributed by atoms with E-state index in [9.17, 15) is 9.18 Å². The van der Waals surface area contributed by atoms with Crippen LogP contribution in [0.3, 0.4) is 0 Å². The normalized spacial score (nSPS) is 15.8. The van der Waals surface area contributed by atoms with Crippen LogP contribution in [0.25, 0.3) is 0 Å². The minimum absolute atomic E-state index is 0.106. The van der Waals surface area contributed by atoms with Crippen LogP contribution in [0.4, 0.5) is 4.39 Å². The molecule has 0 saturated carbocycles. The number of amides is 1. The lowest BCUT2D eigenvalue weighted by atomic mass is 9.97. The molecular weight excluding hydrogens is 455 g/mol. The smallest absolute Gasteiger partial charge is 0.310 e. The molecule has 154 valence electrons. The van der Waals surface area contributed by atoms with Crippen molar-refractivity contribution in [2.75, 3.05) is 14.2 Å². The third kappa shape index (κ3) is 3.70. The van der Waals surface area contributed by atoms with Gasteiger partial charge in [0.05, 0.1) is 26.0 Å². The predicted octanol–water partition coefficient (Wildman–Crippen LogP) is 5.19. The summed E-state index contributed by atoms with van der Waals surface area (Å²) in [4.78, 5) is 13.1. The molecule has 1 aliphatic heterocycles. The topological polar surface area (TPSA) is 64.3 Å². The van der Waals surface area contributed by atoms with Crippen molar-refractivity contribution in [3.63, 3.8) is 0 Å². The summed E-state index contributed by atoms with van der Waals surface area (Å²) in [7, 11) is 3.11. The minimum Gasteiger partial charge on any atom is -0.497 e. The maximum absolute atomic E-state index is 14.6. The van der Waals surface area contributed by atoms with Gasteiger partial charge in [-0.25, -0.2) is 9.40 Å². The number of nitrogens with zero attached hydrogens (tertiary/aromatic N) is 2. The molecule has 2 heterocycles. The van der Waals surface area contributed by atoms with E-state index in [1.807, 2.05) is 6.07 Å². The van der Waals surface area contributed by atoms with Gasteiger partial charge in [-0.3, -0.25) is 4.79 Å². The highest BCUT2D eigenvalue weighted by Gasteiger charge is 2.37.